The standard InChI is InChI=1S/C23H25N5O2S/c1-31(2,3)13-12-29-16-27-11-9-18-20(8-10-24-22(18)27)28-15-17(14-25-28)23-26-19-6-4-5-7-21(19)30-23/h4-11,14-15H,12-13,16H2,1-3H3. The molecule has 0 spiro atoms. The number of benzene rings is 1. The smallest absolute Gasteiger partial charge is 0.230 e. The van der Waals surface area contributed by atoms with Crippen LogP contribution in [0.1, 0.15) is 0 Å². The zero-order valence-corrected chi connectivity index (χ0v) is 18.7. The number of ether oxygens (including phenoxy) is 1. The van der Waals surface area contributed by atoms with Crippen LogP contribution in [0.2, 0.25) is 0 Å². The van der Waals surface area contributed by atoms with Gasteiger partial charge in [0.05, 0.1) is 24.1 Å². The molecule has 1 aromatic carbocycles. The molecule has 8 heteroatoms. The summed E-state index contributed by atoms with van der Waals surface area (Å²) < 4.78 is 15.6. The monoisotopic (exact) mass is 435 g/mol. The average Bonchev–Trinajstić information content (AvgIpc) is 3.47. The second-order valence-electron chi connectivity index (χ2n) is 8.35. The molecule has 0 bridgehead atoms. The molecule has 0 radical (unpaired) electrons. The summed E-state index contributed by atoms with van der Waals surface area (Å²) >= 11 is 0. The van der Waals surface area contributed by atoms with Gasteiger partial charge in [0, 0.05) is 29.7 Å². The molecule has 0 saturated carbocycles. The third kappa shape index (κ3) is 4.08. The Kier molecular flexibility index (Phi) is 5.03. The minimum atomic E-state index is -0.554. The highest BCUT2D eigenvalue weighted by Gasteiger charge is 2.14. The van der Waals surface area contributed by atoms with E-state index in [0.717, 1.165) is 45.7 Å². The first kappa shape index (κ1) is 19.8. The van der Waals surface area contributed by atoms with Gasteiger partial charge < -0.3 is 13.7 Å². The molecule has 0 fully saturated rings. The number of oxazole rings is 1. The molecule has 0 aliphatic rings. The fourth-order valence-electron chi connectivity index (χ4n) is 3.41. The van der Waals surface area contributed by atoms with Gasteiger partial charge in [0.25, 0.3) is 0 Å². The van der Waals surface area contributed by atoms with Gasteiger partial charge in [-0.1, -0.05) is 12.1 Å². The molecule has 0 N–H and O–H groups in total. The van der Waals surface area contributed by atoms with E-state index in [1.165, 1.54) is 0 Å². The van der Waals surface area contributed by atoms with Crippen molar-refractivity contribution in [3.8, 4) is 17.1 Å². The first-order valence-electron chi connectivity index (χ1n) is 10.1. The van der Waals surface area contributed by atoms with E-state index < -0.39 is 10.0 Å². The number of hydrogen-bond donors (Lipinski definition) is 0. The molecule has 0 saturated heterocycles. The van der Waals surface area contributed by atoms with Crippen LogP contribution in [-0.2, 0) is 11.5 Å². The van der Waals surface area contributed by atoms with E-state index in [4.69, 9.17) is 9.15 Å². The van der Waals surface area contributed by atoms with Crippen molar-refractivity contribution < 1.29 is 9.15 Å². The summed E-state index contributed by atoms with van der Waals surface area (Å²) in [4.78, 5) is 9.13. The van der Waals surface area contributed by atoms with E-state index in [0.29, 0.717) is 12.6 Å². The normalized spacial score (nSPS) is 12.7. The highest BCUT2D eigenvalue weighted by molar-refractivity contribution is 8.32. The summed E-state index contributed by atoms with van der Waals surface area (Å²) in [6.07, 6.45) is 14.4. The van der Waals surface area contributed by atoms with Crippen molar-refractivity contribution in [1.29, 1.82) is 0 Å². The van der Waals surface area contributed by atoms with Crippen molar-refractivity contribution >= 4 is 32.2 Å². The maximum Gasteiger partial charge on any atom is 0.230 e. The summed E-state index contributed by atoms with van der Waals surface area (Å²) in [7, 11) is -0.554. The predicted octanol–water partition coefficient (Wildman–Crippen LogP) is 4.70. The van der Waals surface area contributed by atoms with Crippen LogP contribution < -0.4 is 0 Å². The maximum absolute atomic E-state index is 5.90. The number of rotatable bonds is 7. The summed E-state index contributed by atoms with van der Waals surface area (Å²) in [6, 6.07) is 11.7. The highest BCUT2D eigenvalue weighted by Crippen LogP contribution is 2.33. The van der Waals surface area contributed by atoms with Crippen molar-refractivity contribution in [2.24, 2.45) is 0 Å². The highest BCUT2D eigenvalue weighted by atomic mass is 32.3. The van der Waals surface area contributed by atoms with Gasteiger partial charge in [0.1, 0.15) is 17.9 Å². The number of aromatic nitrogens is 5. The minimum Gasteiger partial charge on any atom is -0.436 e. The third-order valence-electron chi connectivity index (χ3n) is 5.08. The Balaban J connectivity index is 1.40. The van der Waals surface area contributed by atoms with E-state index >= 15 is 0 Å². The van der Waals surface area contributed by atoms with E-state index in [2.05, 4.69) is 39.9 Å². The Morgan fingerprint density at radius 1 is 1.10 bits per heavy atom. The lowest BCUT2D eigenvalue weighted by molar-refractivity contribution is 0.0924. The van der Waals surface area contributed by atoms with E-state index in [1.807, 2.05) is 52.0 Å². The molecule has 0 atom stereocenters. The second kappa shape index (κ2) is 7.86. The van der Waals surface area contributed by atoms with Crippen molar-refractivity contribution in [3.63, 3.8) is 0 Å². The van der Waals surface area contributed by atoms with Crippen LogP contribution in [0.5, 0.6) is 0 Å². The Morgan fingerprint density at radius 3 is 2.81 bits per heavy atom. The third-order valence-corrected chi connectivity index (χ3v) is 6.47. The van der Waals surface area contributed by atoms with Gasteiger partial charge in [-0.2, -0.15) is 5.10 Å². The Morgan fingerprint density at radius 2 is 1.97 bits per heavy atom. The average molecular weight is 436 g/mol. The van der Waals surface area contributed by atoms with Crippen molar-refractivity contribution in [2.75, 3.05) is 31.1 Å². The lowest BCUT2D eigenvalue weighted by Crippen LogP contribution is -2.09. The Hall–Kier alpha value is -3.10. The SMILES string of the molecule is CS(C)(C)CCOCn1ccc2c(-n3cc(-c4nc5ccccc5o4)cn3)ccnc21. The summed E-state index contributed by atoms with van der Waals surface area (Å²) in [5.41, 5.74) is 4.25. The molecule has 0 aliphatic carbocycles. The number of fused-ring (bicyclic) bond motifs is 2. The number of hydrogen-bond acceptors (Lipinski definition) is 5. The van der Waals surface area contributed by atoms with Gasteiger partial charge in [0.2, 0.25) is 5.89 Å². The van der Waals surface area contributed by atoms with Crippen molar-refractivity contribution in [1.82, 2.24) is 24.3 Å². The van der Waals surface area contributed by atoms with Crippen LogP contribution in [0.25, 0.3) is 39.3 Å². The van der Waals surface area contributed by atoms with Crippen LogP contribution in [0.15, 0.2) is 65.6 Å². The molecule has 7 nitrogen and oxygen atoms in total. The predicted molar refractivity (Wildman–Crippen MR) is 126 cm³/mol. The molecular formula is C23H25N5O2S. The topological polar surface area (TPSA) is 70.9 Å². The molecule has 5 rings (SSSR count). The molecule has 0 amide bonds. The molecule has 0 aliphatic heterocycles. The summed E-state index contributed by atoms with van der Waals surface area (Å²) in [6.45, 7) is 1.24. The molecule has 31 heavy (non-hydrogen) atoms. The van der Waals surface area contributed by atoms with E-state index in [-0.39, 0.29) is 0 Å². The molecular weight excluding hydrogens is 410 g/mol. The lowest BCUT2D eigenvalue weighted by atomic mass is 10.3. The zero-order valence-electron chi connectivity index (χ0n) is 17.9. The summed E-state index contributed by atoms with van der Waals surface area (Å²) in [5, 5.41) is 5.56. The Bertz CT molecular complexity index is 1310. The maximum atomic E-state index is 5.90. The summed E-state index contributed by atoms with van der Waals surface area (Å²) in [5.74, 6) is 1.65. The molecule has 0 unspecified atom stereocenters. The quantitative estimate of drug-likeness (QED) is 0.347. The van der Waals surface area contributed by atoms with Crippen LogP contribution >= 0.6 is 10.0 Å². The van der Waals surface area contributed by atoms with Crippen LogP contribution in [0, 0.1) is 0 Å². The molecule has 4 heterocycles. The largest absolute Gasteiger partial charge is 0.436 e. The molecule has 5 aromatic rings. The first-order valence-corrected chi connectivity index (χ1v) is 13.1. The van der Waals surface area contributed by atoms with E-state index in [1.54, 1.807) is 12.4 Å². The van der Waals surface area contributed by atoms with Gasteiger partial charge in [-0.15, -0.1) is 0 Å². The minimum absolute atomic E-state index is 0.489. The molecule has 4 aromatic heterocycles. The first-order chi connectivity index (χ1) is 15.0. The van der Waals surface area contributed by atoms with Gasteiger partial charge in [-0.3, -0.25) is 0 Å². The number of pyridine rings is 1. The van der Waals surface area contributed by atoms with Crippen LogP contribution in [0.4, 0.5) is 0 Å². The number of para-hydroxylation sites is 2. The fraction of sp³-hybridized carbons (Fsp3) is 0.261. The van der Waals surface area contributed by atoms with Gasteiger partial charge >= 0.3 is 0 Å². The van der Waals surface area contributed by atoms with Crippen LogP contribution in [-0.4, -0.2) is 55.4 Å². The van der Waals surface area contributed by atoms with Crippen molar-refractivity contribution in [2.45, 2.75) is 6.73 Å². The van der Waals surface area contributed by atoms with E-state index in [9.17, 15) is 0 Å². The van der Waals surface area contributed by atoms with Crippen LogP contribution in [0.3, 0.4) is 0 Å². The lowest BCUT2D eigenvalue weighted by Gasteiger charge is -2.24. The van der Waals surface area contributed by atoms with Crippen molar-refractivity contribution in [3.05, 3.63) is 61.2 Å². The fourth-order valence-corrected chi connectivity index (χ4v) is 4.03. The van der Waals surface area contributed by atoms with Gasteiger partial charge in [-0.05, 0) is 43.0 Å². The van der Waals surface area contributed by atoms with Gasteiger partial charge in [0.15, 0.2) is 5.58 Å². The Labute approximate surface area is 182 Å². The molecule has 160 valence electrons. The zero-order chi connectivity index (χ0) is 21.4. The number of nitrogens with zero attached hydrogens (tertiary/aromatic N) is 5. The van der Waals surface area contributed by atoms with Gasteiger partial charge in [-0.25, -0.2) is 24.7 Å². The second-order valence-corrected chi connectivity index (χ2v) is 12.9.